The largest absolute Gasteiger partial charge is 0.485 e. The SMILES string of the molecule is CC[C@]12C[C@H]([C@](C)(O)C(C)(C)C)[C@@H](O)C[C@@H]3Oc4c(OP)ccc5c4[C@@]31CCN(CC1CC1)[C@@H]2C5. The van der Waals surface area contributed by atoms with Gasteiger partial charge in [-0.05, 0) is 80.4 Å². The van der Waals surface area contributed by atoms with Gasteiger partial charge in [-0.25, -0.2) is 0 Å². The molecule has 2 heterocycles. The van der Waals surface area contributed by atoms with Gasteiger partial charge in [0.1, 0.15) is 6.10 Å². The van der Waals surface area contributed by atoms with E-state index in [2.05, 4.69) is 54.2 Å². The Bertz CT molecular complexity index is 1020. The molecule has 3 aliphatic carbocycles. The third kappa shape index (κ3) is 3.14. The van der Waals surface area contributed by atoms with Gasteiger partial charge in [0.2, 0.25) is 0 Å². The Hall–Kier alpha value is -0.870. The van der Waals surface area contributed by atoms with Gasteiger partial charge >= 0.3 is 0 Å². The topological polar surface area (TPSA) is 62.2 Å². The smallest absolute Gasteiger partial charge is 0.166 e. The second-order valence-electron chi connectivity index (χ2n) is 13.6. The molecule has 6 heteroatoms. The molecule has 2 N–H and O–H groups in total. The molecule has 2 bridgehead atoms. The zero-order valence-corrected chi connectivity index (χ0v) is 23.3. The predicted molar refractivity (Wildman–Crippen MR) is 141 cm³/mol. The standard InChI is InChI=1S/C29H44NO4P/c1-6-28-15-19(27(5,32)26(2,3)4)20(31)14-23-29(28)11-12-30(16-17-7-8-17)22(28)13-18-9-10-21(34-35)25(33-23)24(18)29/h9-10,17,19-20,22-23,31-32H,6-8,11-16,35H2,1-5H3/t19-,20-,22+,23-,27-,28+,29+/m0/s1. The van der Waals surface area contributed by atoms with Gasteiger partial charge in [0.05, 0.1) is 21.2 Å². The van der Waals surface area contributed by atoms with Gasteiger partial charge in [0, 0.05) is 35.9 Å². The van der Waals surface area contributed by atoms with E-state index in [1.54, 1.807) is 0 Å². The van der Waals surface area contributed by atoms with Gasteiger partial charge in [-0.1, -0.05) is 33.8 Å². The molecule has 1 saturated heterocycles. The monoisotopic (exact) mass is 501 g/mol. The predicted octanol–water partition coefficient (Wildman–Crippen LogP) is 4.86. The number of ether oxygens (including phenoxy) is 1. The van der Waals surface area contributed by atoms with E-state index in [-0.39, 0.29) is 28.3 Å². The van der Waals surface area contributed by atoms with Gasteiger partial charge in [0.15, 0.2) is 11.5 Å². The van der Waals surface area contributed by atoms with Gasteiger partial charge < -0.3 is 19.5 Å². The van der Waals surface area contributed by atoms with E-state index in [1.165, 1.54) is 30.5 Å². The van der Waals surface area contributed by atoms with Crippen molar-refractivity contribution in [2.24, 2.45) is 22.7 Å². The number of aliphatic hydroxyl groups excluding tert-OH is 1. The van der Waals surface area contributed by atoms with Crippen LogP contribution in [0.1, 0.15) is 84.3 Å². The molecule has 1 unspecified atom stereocenters. The fraction of sp³-hybridized carbons (Fsp3) is 0.793. The molecule has 1 aromatic rings. The lowest BCUT2D eigenvalue weighted by Gasteiger charge is -2.64. The van der Waals surface area contributed by atoms with Crippen LogP contribution in [0.4, 0.5) is 0 Å². The second kappa shape index (κ2) is 7.82. The van der Waals surface area contributed by atoms with E-state index < -0.39 is 11.7 Å². The van der Waals surface area contributed by atoms with Crippen LogP contribution in [0.2, 0.25) is 0 Å². The summed E-state index contributed by atoms with van der Waals surface area (Å²) in [6.45, 7) is 12.9. The highest BCUT2D eigenvalue weighted by atomic mass is 31.0. The van der Waals surface area contributed by atoms with E-state index in [9.17, 15) is 10.2 Å². The lowest BCUT2D eigenvalue weighted by molar-refractivity contribution is -0.153. The fourth-order valence-corrected chi connectivity index (χ4v) is 8.98. The zero-order chi connectivity index (χ0) is 25.0. The summed E-state index contributed by atoms with van der Waals surface area (Å²) >= 11 is 0. The van der Waals surface area contributed by atoms with E-state index in [4.69, 9.17) is 9.26 Å². The minimum Gasteiger partial charge on any atom is -0.485 e. The lowest BCUT2D eigenvalue weighted by atomic mass is 9.44. The highest BCUT2D eigenvalue weighted by Crippen LogP contribution is 2.71. The van der Waals surface area contributed by atoms with Crippen LogP contribution < -0.4 is 9.26 Å². The van der Waals surface area contributed by atoms with Crippen molar-refractivity contribution < 1.29 is 19.5 Å². The van der Waals surface area contributed by atoms with Crippen molar-refractivity contribution in [3.8, 4) is 11.5 Å². The van der Waals surface area contributed by atoms with E-state index in [0.29, 0.717) is 12.5 Å². The maximum atomic E-state index is 12.0. The highest BCUT2D eigenvalue weighted by Gasteiger charge is 2.72. The van der Waals surface area contributed by atoms with Crippen molar-refractivity contribution in [1.29, 1.82) is 0 Å². The first-order valence-electron chi connectivity index (χ1n) is 13.8. The molecule has 2 saturated carbocycles. The van der Waals surface area contributed by atoms with Crippen LogP contribution in [0.5, 0.6) is 11.5 Å². The second-order valence-corrected chi connectivity index (χ2v) is 13.8. The number of hydrogen-bond donors (Lipinski definition) is 2. The van der Waals surface area contributed by atoms with Gasteiger partial charge in [-0.15, -0.1) is 0 Å². The van der Waals surface area contributed by atoms with Crippen molar-refractivity contribution in [2.45, 2.75) is 109 Å². The highest BCUT2D eigenvalue weighted by molar-refractivity contribution is 7.10. The Labute approximate surface area is 213 Å². The number of likely N-dealkylation sites (tertiary alicyclic amines) is 1. The Morgan fingerprint density at radius 2 is 1.97 bits per heavy atom. The first-order valence-corrected chi connectivity index (χ1v) is 14.3. The van der Waals surface area contributed by atoms with Crippen LogP contribution >= 0.6 is 9.47 Å². The summed E-state index contributed by atoms with van der Waals surface area (Å²) in [5, 5.41) is 23.8. The quantitative estimate of drug-likeness (QED) is 0.565. The number of benzene rings is 1. The molecule has 1 spiro atoms. The molecule has 5 aliphatic rings. The van der Waals surface area contributed by atoms with Crippen LogP contribution in [0, 0.1) is 22.7 Å². The molecule has 0 amide bonds. The van der Waals surface area contributed by atoms with Crippen molar-refractivity contribution in [2.75, 3.05) is 13.1 Å². The van der Waals surface area contributed by atoms with E-state index >= 15 is 0 Å². The summed E-state index contributed by atoms with van der Waals surface area (Å²) in [5.41, 5.74) is 1.20. The molecule has 0 radical (unpaired) electrons. The first-order chi connectivity index (χ1) is 16.5. The van der Waals surface area contributed by atoms with Crippen LogP contribution in [0.15, 0.2) is 12.1 Å². The van der Waals surface area contributed by atoms with Crippen LogP contribution in [0.25, 0.3) is 0 Å². The van der Waals surface area contributed by atoms with Crippen LogP contribution in [0.3, 0.4) is 0 Å². The molecule has 5 nitrogen and oxygen atoms in total. The zero-order valence-electron chi connectivity index (χ0n) is 22.1. The van der Waals surface area contributed by atoms with Crippen molar-refractivity contribution in [3.05, 3.63) is 23.3 Å². The summed E-state index contributed by atoms with van der Waals surface area (Å²) in [7, 11) is 2.39. The molecule has 3 fully saturated rings. The number of hydrogen-bond acceptors (Lipinski definition) is 5. The summed E-state index contributed by atoms with van der Waals surface area (Å²) in [5.74, 6) is 2.32. The molecule has 35 heavy (non-hydrogen) atoms. The summed E-state index contributed by atoms with van der Waals surface area (Å²) in [6, 6.07) is 4.73. The Kier molecular flexibility index (Phi) is 5.47. The van der Waals surface area contributed by atoms with Crippen LogP contribution in [-0.2, 0) is 11.8 Å². The van der Waals surface area contributed by atoms with E-state index in [1.807, 2.05) is 6.92 Å². The Morgan fingerprint density at radius 1 is 1.23 bits per heavy atom. The summed E-state index contributed by atoms with van der Waals surface area (Å²) in [4.78, 5) is 2.80. The van der Waals surface area contributed by atoms with Gasteiger partial charge in [0.25, 0.3) is 0 Å². The van der Waals surface area contributed by atoms with E-state index in [0.717, 1.165) is 49.6 Å². The third-order valence-electron chi connectivity index (χ3n) is 11.3. The Morgan fingerprint density at radius 3 is 2.60 bits per heavy atom. The maximum Gasteiger partial charge on any atom is 0.166 e. The van der Waals surface area contributed by atoms with Crippen molar-refractivity contribution >= 4 is 9.47 Å². The Balaban J connectivity index is 1.57. The molecule has 1 aromatic carbocycles. The van der Waals surface area contributed by atoms with Crippen molar-refractivity contribution in [3.63, 3.8) is 0 Å². The molecular weight excluding hydrogens is 457 g/mol. The van der Waals surface area contributed by atoms with Crippen LogP contribution in [-0.4, -0.2) is 52.1 Å². The van der Waals surface area contributed by atoms with Gasteiger partial charge in [-0.2, -0.15) is 0 Å². The fourth-order valence-electron chi connectivity index (χ4n) is 8.79. The maximum absolute atomic E-state index is 12.0. The molecular formula is C29H44NO4P. The summed E-state index contributed by atoms with van der Waals surface area (Å²) in [6.07, 6.45) is 6.46. The first kappa shape index (κ1) is 24.5. The molecule has 194 valence electrons. The summed E-state index contributed by atoms with van der Waals surface area (Å²) < 4.78 is 12.6. The third-order valence-corrected chi connectivity index (χ3v) is 11.6. The number of rotatable bonds is 5. The average molecular weight is 502 g/mol. The van der Waals surface area contributed by atoms with Gasteiger partial charge in [-0.3, -0.25) is 4.90 Å². The normalized spacial score (nSPS) is 39.9. The number of aliphatic hydroxyl groups is 2. The van der Waals surface area contributed by atoms with Crippen molar-refractivity contribution in [1.82, 2.24) is 4.90 Å². The number of piperidine rings is 1. The average Bonchev–Trinajstić information content (AvgIpc) is 3.57. The lowest BCUT2D eigenvalue weighted by Crippen LogP contribution is -2.69. The molecule has 6 rings (SSSR count). The number of nitrogens with zero attached hydrogens (tertiary/aromatic N) is 1. The minimum atomic E-state index is -0.992. The molecule has 2 aliphatic heterocycles. The molecule has 0 aromatic heterocycles. The minimum absolute atomic E-state index is 0.0695. The molecule has 8 atom stereocenters.